The Balaban J connectivity index is 2.04. The lowest BCUT2D eigenvalue weighted by molar-refractivity contribution is 0.0698. The Bertz CT molecular complexity index is 798. The number of fused-ring (bicyclic) bond motifs is 1. The maximum absolute atomic E-state index is 11.2. The average molecular weight is 285 g/mol. The maximum Gasteiger partial charge on any atom is 0.337 e. The summed E-state index contributed by atoms with van der Waals surface area (Å²) in [7, 11) is 0. The van der Waals surface area contributed by atoms with Crippen LogP contribution < -0.4 is 11.1 Å². The molecule has 0 atom stereocenters. The average Bonchev–Trinajstić information content (AvgIpc) is 2.88. The second-order valence-corrected chi connectivity index (χ2v) is 5.12. The van der Waals surface area contributed by atoms with Crippen molar-refractivity contribution in [3.05, 3.63) is 47.5 Å². The molecule has 0 aliphatic heterocycles. The molecule has 1 heterocycles. The second kappa shape index (κ2) is 4.82. The van der Waals surface area contributed by atoms with Crippen molar-refractivity contribution in [3.8, 4) is 0 Å². The van der Waals surface area contributed by atoms with E-state index in [1.54, 1.807) is 17.6 Å². The van der Waals surface area contributed by atoms with Gasteiger partial charge in [-0.1, -0.05) is 6.07 Å². The van der Waals surface area contributed by atoms with Gasteiger partial charge in [-0.25, -0.2) is 9.78 Å². The van der Waals surface area contributed by atoms with Gasteiger partial charge in [0, 0.05) is 5.69 Å². The topological polar surface area (TPSA) is 88.2 Å². The highest BCUT2D eigenvalue weighted by Gasteiger charge is 2.13. The van der Waals surface area contributed by atoms with Crippen LogP contribution >= 0.6 is 11.3 Å². The third-order valence-corrected chi connectivity index (χ3v) is 3.72. The van der Waals surface area contributed by atoms with Crippen LogP contribution in [0.15, 0.2) is 41.9 Å². The number of aromatic carboxylic acids is 1. The molecule has 100 valence electrons. The number of thiazole rings is 1. The van der Waals surface area contributed by atoms with Gasteiger partial charge >= 0.3 is 5.97 Å². The minimum atomic E-state index is -1.02. The maximum atomic E-state index is 11.2. The van der Waals surface area contributed by atoms with E-state index in [1.807, 2.05) is 18.2 Å². The van der Waals surface area contributed by atoms with Crippen LogP contribution in [0.2, 0.25) is 0 Å². The van der Waals surface area contributed by atoms with Gasteiger partial charge in [0.1, 0.15) is 0 Å². The molecule has 0 aliphatic carbocycles. The zero-order valence-electron chi connectivity index (χ0n) is 10.3. The molecule has 0 spiro atoms. The predicted molar refractivity (Wildman–Crippen MR) is 80.7 cm³/mol. The first-order chi connectivity index (χ1) is 9.65. The molecule has 3 rings (SSSR count). The molecular weight excluding hydrogens is 274 g/mol. The zero-order valence-corrected chi connectivity index (χ0v) is 11.1. The van der Waals surface area contributed by atoms with Crippen LogP contribution in [0.25, 0.3) is 10.2 Å². The quantitative estimate of drug-likeness (QED) is 0.642. The minimum absolute atomic E-state index is 0.148. The number of carboxylic acid groups (broad SMARTS) is 1. The molecule has 0 aliphatic rings. The van der Waals surface area contributed by atoms with Gasteiger partial charge in [-0.15, -0.1) is 11.3 Å². The fraction of sp³-hybridized carbons (Fsp3) is 0. The van der Waals surface area contributed by atoms with Crippen molar-refractivity contribution < 1.29 is 9.90 Å². The van der Waals surface area contributed by atoms with Crippen molar-refractivity contribution >= 4 is 44.6 Å². The number of para-hydroxylation sites is 1. The number of nitrogens with one attached hydrogen (secondary N) is 1. The molecule has 2 aromatic carbocycles. The number of rotatable bonds is 3. The van der Waals surface area contributed by atoms with Crippen molar-refractivity contribution in [1.29, 1.82) is 0 Å². The largest absolute Gasteiger partial charge is 0.478 e. The highest BCUT2D eigenvalue weighted by molar-refractivity contribution is 7.16. The molecule has 6 heteroatoms. The molecule has 0 radical (unpaired) electrons. The summed E-state index contributed by atoms with van der Waals surface area (Å²) in [6.07, 6.45) is 0. The monoisotopic (exact) mass is 285 g/mol. The van der Waals surface area contributed by atoms with E-state index in [2.05, 4.69) is 10.3 Å². The summed E-state index contributed by atoms with van der Waals surface area (Å²) in [5, 5.41) is 12.3. The van der Waals surface area contributed by atoms with Gasteiger partial charge in [-0.05, 0) is 30.3 Å². The van der Waals surface area contributed by atoms with Crippen LogP contribution in [-0.4, -0.2) is 16.1 Å². The van der Waals surface area contributed by atoms with E-state index in [-0.39, 0.29) is 5.56 Å². The van der Waals surface area contributed by atoms with Crippen LogP contribution in [0.4, 0.5) is 17.1 Å². The molecular formula is C14H11N3O2S. The van der Waals surface area contributed by atoms with Crippen molar-refractivity contribution in [2.24, 2.45) is 0 Å². The molecule has 0 saturated carbocycles. The van der Waals surface area contributed by atoms with Gasteiger partial charge in [0.2, 0.25) is 0 Å². The Kier molecular flexibility index (Phi) is 3.00. The molecule has 1 aromatic heterocycles. The fourth-order valence-corrected chi connectivity index (χ4v) is 2.68. The summed E-state index contributed by atoms with van der Waals surface area (Å²) in [5.41, 5.74) is 10.3. The number of benzene rings is 2. The number of hydrogen-bond donors (Lipinski definition) is 3. The summed E-state index contributed by atoms with van der Waals surface area (Å²) >= 11 is 1.53. The highest BCUT2D eigenvalue weighted by Crippen LogP contribution is 2.29. The fourth-order valence-electron chi connectivity index (χ4n) is 1.97. The normalized spacial score (nSPS) is 10.6. The minimum Gasteiger partial charge on any atom is -0.478 e. The van der Waals surface area contributed by atoms with Crippen molar-refractivity contribution in [3.63, 3.8) is 0 Å². The Hall–Kier alpha value is -2.60. The van der Waals surface area contributed by atoms with Gasteiger partial charge in [0.05, 0.1) is 32.7 Å². The Morgan fingerprint density at radius 2 is 2.15 bits per heavy atom. The molecule has 20 heavy (non-hydrogen) atoms. The van der Waals surface area contributed by atoms with Crippen molar-refractivity contribution in [2.75, 3.05) is 11.1 Å². The van der Waals surface area contributed by atoms with Crippen molar-refractivity contribution in [2.45, 2.75) is 0 Å². The Morgan fingerprint density at radius 1 is 1.30 bits per heavy atom. The number of carbonyl (C=O) groups is 1. The highest BCUT2D eigenvalue weighted by atomic mass is 32.1. The number of nitrogens with zero attached hydrogens (tertiary/aromatic N) is 1. The van der Waals surface area contributed by atoms with Gasteiger partial charge in [-0.2, -0.15) is 0 Å². The number of anilines is 3. The first-order valence-electron chi connectivity index (χ1n) is 5.87. The molecule has 5 nitrogen and oxygen atoms in total. The summed E-state index contributed by atoms with van der Waals surface area (Å²) in [6, 6.07) is 10.5. The lowest BCUT2D eigenvalue weighted by atomic mass is 10.1. The van der Waals surface area contributed by atoms with Crippen molar-refractivity contribution in [1.82, 2.24) is 4.98 Å². The number of aromatic nitrogens is 1. The number of hydrogen-bond acceptors (Lipinski definition) is 5. The predicted octanol–water partition coefficient (Wildman–Crippen LogP) is 3.32. The van der Waals surface area contributed by atoms with Gasteiger partial charge < -0.3 is 16.2 Å². The Morgan fingerprint density at radius 3 is 2.95 bits per heavy atom. The summed E-state index contributed by atoms with van der Waals surface area (Å²) in [6.45, 7) is 0. The molecule has 0 fully saturated rings. The van der Waals surface area contributed by atoms with Crippen LogP contribution in [-0.2, 0) is 0 Å². The molecule has 0 saturated heterocycles. The third-order valence-electron chi connectivity index (χ3n) is 2.93. The number of nitrogens with two attached hydrogens (primary N) is 1. The van der Waals surface area contributed by atoms with E-state index in [0.29, 0.717) is 11.4 Å². The zero-order chi connectivity index (χ0) is 14.1. The molecule has 0 bridgehead atoms. The SMILES string of the molecule is Nc1cccc(C(=O)O)c1Nc1ccc2ncsc2c1. The van der Waals surface area contributed by atoms with E-state index < -0.39 is 5.97 Å². The molecule has 3 aromatic rings. The standard InChI is InChI=1S/C14H11N3O2S/c15-10-3-1-2-9(14(18)19)13(10)17-8-4-5-11-12(6-8)20-7-16-11/h1-7,17H,15H2,(H,18,19). The first kappa shape index (κ1) is 12.4. The van der Waals surface area contributed by atoms with E-state index in [0.717, 1.165) is 15.9 Å². The Labute approximate surface area is 118 Å². The van der Waals surface area contributed by atoms with E-state index >= 15 is 0 Å². The van der Waals surface area contributed by atoms with Crippen LogP contribution in [0, 0.1) is 0 Å². The van der Waals surface area contributed by atoms with Crippen LogP contribution in [0.5, 0.6) is 0 Å². The molecule has 0 amide bonds. The molecule has 0 unspecified atom stereocenters. The van der Waals surface area contributed by atoms with Gasteiger partial charge in [0.25, 0.3) is 0 Å². The lowest BCUT2D eigenvalue weighted by Gasteiger charge is -2.12. The van der Waals surface area contributed by atoms with E-state index in [9.17, 15) is 9.90 Å². The van der Waals surface area contributed by atoms with Crippen LogP contribution in [0.3, 0.4) is 0 Å². The first-order valence-corrected chi connectivity index (χ1v) is 6.75. The number of carboxylic acids is 1. The van der Waals surface area contributed by atoms with Gasteiger partial charge in [-0.3, -0.25) is 0 Å². The summed E-state index contributed by atoms with van der Waals surface area (Å²) < 4.78 is 1.03. The summed E-state index contributed by atoms with van der Waals surface area (Å²) in [4.78, 5) is 15.4. The lowest BCUT2D eigenvalue weighted by Crippen LogP contribution is -2.05. The smallest absolute Gasteiger partial charge is 0.337 e. The third kappa shape index (κ3) is 2.17. The van der Waals surface area contributed by atoms with E-state index in [4.69, 9.17) is 5.73 Å². The summed E-state index contributed by atoms with van der Waals surface area (Å²) in [5.74, 6) is -1.02. The second-order valence-electron chi connectivity index (χ2n) is 4.23. The van der Waals surface area contributed by atoms with Crippen LogP contribution in [0.1, 0.15) is 10.4 Å². The van der Waals surface area contributed by atoms with E-state index in [1.165, 1.54) is 17.4 Å². The number of nitrogen functional groups attached to an aromatic ring is 1. The molecule has 4 N–H and O–H groups in total. The van der Waals surface area contributed by atoms with Gasteiger partial charge in [0.15, 0.2) is 0 Å².